The van der Waals surface area contributed by atoms with Crippen molar-refractivity contribution in [1.29, 1.82) is 0 Å². The first-order valence-electron chi connectivity index (χ1n) is 3.75. The highest BCUT2D eigenvalue weighted by Crippen LogP contribution is 2.06. The number of ether oxygens (including phenoxy) is 1. The largest absolute Gasteiger partial charge is 0.495 e. The third-order valence-corrected chi connectivity index (χ3v) is 1.32. The molecule has 0 aromatic rings. The molecule has 0 atom stereocenters. The van der Waals surface area contributed by atoms with E-state index in [-0.39, 0.29) is 0 Å². The number of aliphatic imine (C=N–C) groups is 1. The van der Waals surface area contributed by atoms with Crippen LogP contribution in [0, 0.1) is 0 Å². The van der Waals surface area contributed by atoms with Gasteiger partial charge < -0.3 is 4.74 Å². The minimum absolute atomic E-state index is 0.727. The molecular formula is C10H15NO. The maximum Gasteiger partial charge on any atom is 0.143 e. The summed E-state index contributed by atoms with van der Waals surface area (Å²) < 4.78 is 5.10. The Morgan fingerprint density at radius 1 is 1.50 bits per heavy atom. The van der Waals surface area contributed by atoms with Crippen molar-refractivity contribution in [3.05, 3.63) is 36.1 Å². The Morgan fingerprint density at radius 2 is 2.17 bits per heavy atom. The molecule has 0 unspecified atom stereocenters. The van der Waals surface area contributed by atoms with Gasteiger partial charge in [0.05, 0.1) is 13.3 Å². The maximum absolute atomic E-state index is 5.10. The Labute approximate surface area is 74.0 Å². The van der Waals surface area contributed by atoms with E-state index in [0.717, 1.165) is 11.3 Å². The maximum atomic E-state index is 5.10. The van der Waals surface area contributed by atoms with Crippen molar-refractivity contribution in [3.63, 3.8) is 0 Å². The second-order valence-corrected chi connectivity index (χ2v) is 2.12. The number of hydrogen-bond donors (Lipinski definition) is 0. The summed E-state index contributed by atoms with van der Waals surface area (Å²) in [6, 6.07) is 0. The first-order valence-corrected chi connectivity index (χ1v) is 3.75. The van der Waals surface area contributed by atoms with Gasteiger partial charge in [-0.3, -0.25) is 4.99 Å². The number of allylic oxidation sites excluding steroid dienone is 5. The summed E-state index contributed by atoms with van der Waals surface area (Å²) in [5.41, 5.74) is 0.936. The molecule has 0 rings (SSSR count). The Bertz CT molecular complexity index is 224. The van der Waals surface area contributed by atoms with Gasteiger partial charge >= 0.3 is 0 Å². The third-order valence-electron chi connectivity index (χ3n) is 1.32. The molecule has 0 saturated heterocycles. The van der Waals surface area contributed by atoms with Crippen molar-refractivity contribution in [2.45, 2.75) is 6.92 Å². The van der Waals surface area contributed by atoms with E-state index in [9.17, 15) is 0 Å². The van der Waals surface area contributed by atoms with Crippen molar-refractivity contribution < 1.29 is 4.74 Å². The fourth-order valence-electron chi connectivity index (χ4n) is 0.793. The molecule has 0 amide bonds. The lowest BCUT2D eigenvalue weighted by Gasteiger charge is -2.02. The third kappa shape index (κ3) is 3.19. The molecule has 0 radical (unpaired) electrons. The molecule has 0 fully saturated rings. The number of methoxy groups -OCH3 is 1. The van der Waals surface area contributed by atoms with Crippen LogP contribution < -0.4 is 0 Å². The summed E-state index contributed by atoms with van der Waals surface area (Å²) in [6.45, 7) is 5.62. The molecule has 0 bridgehead atoms. The van der Waals surface area contributed by atoms with Crippen LogP contribution in [-0.2, 0) is 4.74 Å². The number of hydrogen-bond acceptors (Lipinski definition) is 2. The van der Waals surface area contributed by atoms with E-state index in [4.69, 9.17) is 4.74 Å². The summed E-state index contributed by atoms with van der Waals surface area (Å²) in [5, 5.41) is 0. The van der Waals surface area contributed by atoms with Crippen LogP contribution in [0.25, 0.3) is 0 Å². The second kappa shape index (κ2) is 6.40. The lowest BCUT2D eigenvalue weighted by atomic mass is 10.2. The van der Waals surface area contributed by atoms with Gasteiger partial charge in [0.25, 0.3) is 0 Å². The summed E-state index contributed by atoms with van der Waals surface area (Å²) in [6.07, 6.45) is 7.25. The van der Waals surface area contributed by atoms with Gasteiger partial charge in [0.1, 0.15) is 5.76 Å². The molecule has 0 aromatic heterocycles. The van der Waals surface area contributed by atoms with Gasteiger partial charge in [0.2, 0.25) is 0 Å². The summed E-state index contributed by atoms with van der Waals surface area (Å²) in [4.78, 5) is 3.87. The standard InChI is InChI=1S/C10H15NO/c1-5-7-9(6-2)10(12-4)8-11-3/h5-8H,2H2,1,3-4H3/b7-5-,10-9+,11-8?. The Balaban J connectivity index is 4.85. The normalized spacial score (nSPS) is 13.6. The summed E-state index contributed by atoms with van der Waals surface area (Å²) >= 11 is 0. The monoisotopic (exact) mass is 165 g/mol. The molecule has 0 aliphatic rings. The van der Waals surface area contributed by atoms with Gasteiger partial charge in [0, 0.05) is 12.6 Å². The molecule has 2 nitrogen and oxygen atoms in total. The lowest BCUT2D eigenvalue weighted by molar-refractivity contribution is 0.315. The summed E-state index contributed by atoms with van der Waals surface area (Å²) in [5.74, 6) is 0.727. The SMILES string of the molecule is C=CC(/C=C\C)=C(/C=NC)OC. The van der Waals surface area contributed by atoms with Crippen LogP contribution in [0.3, 0.4) is 0 Å². The minimum Gasteiger partial charge on any atom is -0.495 e. The fourth-order valence-corrected chi connectivity index (χ4v) is 0.793. The van der Waals surface area contributed by atoms with E-state index < -0.39 is 0 Å². The zero-order valence-electron chi connectivity index (χ0n) is 7.87. The average molecular weight is 165 g/mol. The van der Waals surface area contributed by atoms with Gasteiger partial charge in [-0.1, -0.05) is 24.8 Å². The predicted molar refractivity (Wildman–Crippen MR) is 53.5 cm³/mol. The van der Waals surface area contributed by atoms with Gasteiger partial charge in [-0.05, 0) is 6.92 Å². The van der Waals surface area contributed by atoms with E-state index in [0.29, 0.717) is 0 Å². The first-order chi connectivity index (χ1) is 5.79. The molecule has 0 N–H and O–H groups in total. The fraction of sp³-hybridized carbons (Fsp3) is 0.300. The molecule has 0 aliphatic heterocycles. The van der Waals surface area contributed by atoms with Crippen molar-refractivity contribution in [1.82, 2.24) is 0 Å². The highest BCUT2D eigenvalue weighted by molar-refractivity contribution is 5.78. The zero-order chi connectivity index (χ0) is 9.40. The van der Waals surface area contributed by atoms with E-state index in [2.05, 4.69) is 11.6 Å². The highest BCUT2D eigenvalue weighted by atomic mass is 16.5. The average Bonchev–Trinajstić information content (AvgIpc) is 2.11. The van der Waals surface area contributed by atoms with Crippen LogP contribution >= 0.6 is 0 Å². The molecule has 0 aliphatic carbocycles. The van der Waals surface area contributed by atoms with Gasteiger partial charge in [-0.15, -0.1) is 0 Å². The number of nitrogens with zero attached hydrogens (tertiary/aromatic N) is 1. The van der Waals surface area contributed by atoms with Crippen molar-refractivity contribution in [3.8, 4) is 0 Å². The quantitative estimate of drug-likeness (QED) is 0.356. The van der Waals surface area contributed by atoms with Crippen LogP contribution in [0.1, 0.15) is 6.92 Å². The Hall–Kier alpha value is -1.31. The predicted octanol–water partition coefficient (Wildman–Crippen LogP) is 2.35. The molecule has 66 valence electrons. The lowest BCUT2D eigenvalue weighted by Crippen LogP contribution is -1.92. The van der Waals surface area contributed by atoms with E-state index in [1.165, 1.54) is 0 Å². The van der Waals surface area contributed by atoms with Crippen LogP contribution in [0.4, 0.5) is 0 Å². The van der Waals surface area contributed by atoms with Crippen LogP contribution in [0.2, 0.25) is 0 Å². The molecule has 0 saturated carbocycles. The Kier molecular flexibility index (Phi) is 5.70. The van der Waals surface area contributed by atoms with E-state index in [1.54, 1.807) is 26.4 Å². The molecule has 0 aromatic carbocycles. The topological polar surface area (TPSA) is 21.6 Å². The number of rotatable bonds is 4. The Morgan fingerprint density at radius 3 is 2.50 bits per heavy atom. The molecule has 2 heteroatoms. The van der Waals surface area contributed by atoms with Gasteiger partial charge in [0.15, 0.2) is 0 Å². The summed E-state index contributed by atoms with van der Waals surface area (Å²) in [7, 11) is 3.32. The van der Waals surface area contributed by atoms with Crippen LogP contribution in [-0.4, -0.2) is 20.4 Å². The smallest absolute Gasteiger partial charge is 0.143 e. The van der Waals surface area contributed by atoms with Crippen LogP contribution in [0.5, 0.6) is 0 Å². The minimum atomic E-state index is 0.727. The zero-order valence-corrected chi connectivity index (χ0v) is 7.87. The molecule has 0 spiro atoms. The molecule has 0 heterocycles. The molecular weight excluding hydrogens is 150 g/mol. The van der Waals surface area contributed by atoms with Crippen molar-refractivity contribution in [2.75, 3.05) is 14.2 Å². The van der Waals surface area contributed by atoms with Crippen molar-refractivity contribution in [2.24, 2.45) is 4.99 Å². The van der Waals surface area contributed by atoms with E-state index >= 15 is 0 Å². The van der Waals surface area contributed by atoms with E-state index in [1.807, 2.05) is 19.1 Å². The second-order valence-electron chi connectivity index (χ2n) is 2.12. The highest BCUT2D eigenvalue weighted by Gasteiger charge is 1.95. The van der Waals surface area contributed by atoms with Gasteiger partial charge in [-0.2, -0.15) is 0 Å². The van der Waals surface area contributed by atoms with Crippen molar-refractivity contribution >= 4 is 6.21 Å². The molecule has 12 heavy (non-hydrogen) atoms. The van der Waals surface area contributed by atoms with Crippen LogP contribution in [0.15, 0.2) is 41.1 Å². The van der Waals surface area contributed by atoms with Gasteiger partial charge in [-0.25, -0.2) is 0 Å². The first kappa shape index (κ1) is 10.7.